The summed E-state index contributed by atoms with van der Waals surface area (Å²) < 4.78 is 79.1. The quantitative estimate of drug-likeness (QED) is 0.0547. The number of piperazine rings is 1. The first-order chi connectivity index (χ1) is 32.7. The number of carbonyl (C=O) groups is 2. The van der Waals surface area contributed by atoms with E-state index in [4.69, 9.17) is 38.6 Å². The van der Waals surface area contributed by atoms with Crippen LogP contribution in [0.1, 0.15) is 117 Å². The van der Waals surface area contributed by atoms with Crippen molar-refractivity contribution in [2.45, 2.75) is 147 Å². The fraction of sp³-hybridized carbons (Fsp3) is 0.596. The van der Waals surface area contributed by atoms with Crippen molar-refractivity contribution in [3.63, 3.8) is 0 Å². The van der Waals surface area contributed by atoms with Crippen molar-refractivity contribution in [3.8, 4) is 34.5 Å². The molecule has 2 aromatic heterocycles. The highest BCUT2D eigenvalue weighted by molar-refractivity contribution is 6.90. The van der Waals surface area contributed by atoms with E-state index in [1.54, 1.807) is 30.0 Å². The Labute approximate surface area is 404 Å². The Kier molecular flexibility index (Phi) is 14.2. The molecule has 2 unspecified atom stereocenters. The second-order valence-electron chi connectivity index (χ2n) is 21.1. The maximum absolute atomic E-state index is 18.4. The van der Waals surface area contributed by atoms with Crippen LogP contribution in [-0.4, -0.2) is 128 Å². The number of ether oxygens (including phenoxy) is 5. The molecule has 69 heavy (non-hydrogen) atoms. The Morgan fingerprint density at radius 2 is 1.64 bits per heavy atom. The van der Waals surface area contributed by atoms with Gasteiger partial charge in [0.1, 0.15) is 55.0 Å². The Morgan fingerprint density at radius 1 is 0.942 bits per heavy atom. The number of rotatable bonds is 13. The molecule has 13 nitrogen and oxygen atoms in total. The van der Waals surface area contributed by atoms with Gasteiger partial charge >= 0.3 is 18.1 Å². The molecule has 6 heterocycles. The standard InChI is InChI=1S/C52H67F3N6O7Si/c1-12-65-48(62)46-42-45(43(55)44(56-46)39-23-37(67-29-64-11)22-33-14-17-40(54)38(41(33)39)18-21-69(30(2)3,31(4)5)32(6)7)57-49(66-28-52-19-13-20-60(52)25-34(53)24-52)58-47(42)59-26-35-15-16-36(27-59)61(35)50(63)68-51(8,9)10/h14,17,22-23,30-32,34-36H,12-13,15-16,19-20,24-29H2,1-11H3/t34-,35?,36?,52+/m1/s1. The summed E-state index contributed by atoms with van der Waals surface area (Å²) in [5.41, 5.74) is 2.36. The molecular formula is C52H67F3N6O7Si. The predicted molar refractivity (Wildman–Crippen MR) is 262 cm³/mol. The van der Waals surface area contributed by atoms with Crippen LogP contribution in [0.5, 0.6) is 11.8 Å². The van der Waals surface area contributed by atoms with Gasteiger partial charge in [0.25, 0.3) is 0 Å². The van der Waals surface area contributed by atoms with Gasteiger partial charge in [-0.25, -0.2) is 27.7 Å². The number of pyridine rings is 1. The number of fused-ring (bicyclic) bond motifs is 5. The highest BCUT2D eigenvalue weighted by Gasteiger charge is 2.50. The predicted octanol–water partition coefficient (Wildman–Crippen LogP) is 10.4. The van der Waals surface area contributed by atoms with Gasteiger partial charge in [-0.1, -0.05) is 53.5 Å². The maximum Gasteiger partial charge on any atom is 0.410 e. The normalized spacial score (nSPS) is 21.7. The molecule has 0 saturated carbocycles. The topological polar surface area (TPSA) is 129 Å². The first-order valence-electron chi connectivity index (χ1n) is 24.5. The SMILES string of the molecule is CCOC(=O)c1nc(-c2cc(OCOC)cc3ccc(F)c(C#C[Si](C(C)C)(C(C)C)C(C)C)c23)c(F)c2nc(OC[C@@]34CCCN3C[C@H](F)C4)nc(N3CC4CCC(C3)N4C(=O)OC(C)(C)C)c12. The number of hydrogen-bond acceptors (Lipinski definition) is 12. The van der Waals surface area contributed by atoms with Crippen molar-refractivity contribution in [2.75, 3.05) is 58.2 Å². The molecule has 4 aromatic rings. The zero-order valence-electron chi connectivity index (χ0n) is 41.9. The first-order valence-corrected chi connectivity index (χ1v) is 26.7. The molecule has 4 saturated heterocycles. The molecule has 4 atom stereocenters. The third kappa shape index (κ3) is 9.45. The van der Waals surface area contributed by atoms with Gasteiger partial charge in [-0.05, 0) is 100 Å². The number of halogens is 3. The summed E-state index contributed by atoms with van der Waals surface area (Å²) in [6, 6.07) is 5.42. The summed E-state index contributed by atoms with van der Waals surface area (Å²) >= 11 is 0. The third-order valence-electron chi connectivity index (χ3n) is 14.7. The van der Waals surface area contributed by atoms with E-state index in [-0.39, 0.29) is 125 Å². The Hall–Kier alpha value is -5.18. The minimum Gasteiger partial charge on any atom is -0.468 e. The highest BCUT2D eigenvalue weighted by atomic mass is 28.3. The van der Waals surface area contributed by atoms with Crippen LogP contribution >= 0.6 is 0 Å². The number of anilines is 1. The lowest BCUT2D eigenvalue weighted by Gasteiger charge is -2.42. The van der Waals surface area contributed by atoms with Crippen LogP contribution in [0.25, 0.3) is 32.9 Å². The number of alkyl halides is 1. The molecule has 8 rings (SSSR count). The Bertz CT molecular complexity index is 2650. The molecular weight excluding hydrogens is 906 g/mol. The smallest absolute Gasteiger partial charge is 0.410 e. The summed E-state index contributed by atoms with van der Waals surface area (Å²) in [4.78, 5) is 48.3. The monoisotopic (exact) mass is 972 g/mol. The van der Waals surface area contributed by atoms with Gasteiger partial charge in [-0.2, -0.15) is 9.97 Å². The number of benzene rings is 2. The number of nitrogens with zero attached hydrogens (tertiary/aromatic N) is 6. The summed E-state index contributed by atoms with van der Waals surface area (Å²) in [6.45, 7) is 21.6. The number of esters is 1. The van der Waals surface area contributed by atoms with E-state index in [2.05, 4.69) is 57.9 Å². The lowest BCUT2D eigenvalue weighted by molar-refractivity contribution is 0.0122. The van der Waals surface area contributed by atoms with E-state index in [1.807, 2.05) is 25.7 Å². The van der Waals surface area contributed by atoms with Gasteiger partial charge in [-0.3, -0.25) is 9.80 Å². The fourth-order valence-electron chi connectivity index (χ4n) is 11.8. The second-order valence-corrected chi connectivity index (χ2v) is 26.7. The van der Waals surface area contributed by atoms with Crippen molar-refractivity contribution in [3.05, 3.63) is 47.2 Å². The third-order valence-corrected chi connectivity index (χ3v) is 21.0. The highest BCUT2D eigenvalue weighted by Crippen LogP contribution is 2.45. The minimum absolute atomic E-state index is 0.0126. The van der Waals surface area contributed by atoms with E-state index in [0.29, 0.717) is 31.2 Å². The molecule has 372 valence electrons. The van der Waals surface area contributed by atoms with Crippen LogP contribution in [0.2, 0.25) is 16.6 Å². The van der Waals surface area contributed by atoms with Crippen LogP contribution in [0.4, 0.5) is 23.8 Å². The summed E-state index contributed by atoms with van der Waals surface area (Å²) in [6.07, 6.45) is 1.80. The molecule has 0 aliphatic carbocycles. The van der Waals surface area contributed by atoms with Crippen molar-refractivity contribution < 1.29 is 46.4 Å². The van der Waals surface area contributed by atoms with Crippen LogP contribution in [-0.2, 0) is 14.2 Å². The number of aromatic nitrogens is 3. The lowest BCUT2D eigenvalue weighted by Crippen LogP contribution is -2.57. The Morgan fingerprint density at radius 3 is 2.28 bits per heavy atom. The van der Waals surface area contributed by atoms with Crippen molar-refractivity contribution in [2.24, 2.45) is 0 Å². The summed E-state index contributed by atoms with van der Waals surface area (Å²) in [5, 5.41) is 0.749. The van der Waals surface area contributed by atoms with E-state index in [0.717, 1.165) is 13.0 Å². The van der Waals surface area contributed by atoms with Gasteiger partial charge in [0.15, 0.2) is 18.3 Å². The maximum atomic E-state index is 18.4. The average Bonchev–Trinajstić information content (AvgIpc) is 3.91. The van der Waals surface area contributed by atoms with E-state index < -0.39 is 49.1 Å². The summed E-state index contributed by atoms with van der Waals surface area (Å²) in [7, 11) is -0.947. The van der Waals surface area contributed by atoms with Gasteiger partial charge in [0.05, 0.1) is 35.2 Å². The number of amides is 1. The van der Waals surface area contributed by atoms with E-state index >= 15 is 8.78 Å². The molecule has 2 bridgehead atoms. The van der Waals surface area contributed by atoms with Gasteiger partial charge in [0.2, 0.25) is 0 Å². The van der Waals surface area contributed by atoms with Crippen LogP contribution < -0.4 is 14.4 Å². The Balaban J connectivity index is 1.38. The molecule has 2 aromatic carbocycles. The largest absolute Gasteiger partial charge is 0.468 e. The molecule has 4 aliphatic rings. The zero-order valence-corrected chi connectivity index (χ0v) is 42.9. The zero-order chi connectivity index (χ0) is 49.7. The lowest BCUT2D eigenvalue weighted by atomic mass is 9.95. The summed E-state index contributed by atoms with van der Waals surface area (Å²) in [5.74, 6) is 1.35. The molecule has 17 heteroatoms. The van der Waals surface area contributed by atoms with Crippen molar-refractivity contribution in [1.29, 1.82) is 0 Å². The first kappa shape index (κ1) is 50.2. The second kappa shape index (κ2) is 19.5. The average molecular weight is 973 g/mol. The van der Waals surface area contributed by atoms with E-state index in [1.165, 1.54) is 13.2 Å². The van der Waals surface area contributed by atoms with Crippen LogP contribution in [0.3, 0.4) is 0 Å². The molecule has 0 radical (unpaired) electrons. The van der Waals surface area contributed by atoms with E-state index in [9.17, 15) is 14.0 Å². The molecule has 1 amide bonds. The van der Waals surface area contributed by atoms with Crippen LogP contribution in [0.15, 0.2) is 24.3 Å². The van der Waals surface area contributed by atoms with Gasteiger partial charge < -0.3 is 28.6 Å². The molecule has 4 aliphatic heterocycles. The number of methoxy groups -OCH3 is 1. The van der Waals surface area contributed by atoms with Crippen molar-refractivity contribution in [1.82, 2.24) is 24.8 Å². The molecule has 4 fully saturated rings. The van der Waals surface area contributed by atoms with Crippen LogP contribution in [0, 0.1) is 23.1 Å². The molecule has 0 N–H and O–H groups in total. The molecule has 0 spiro atoms. The number of hydrogen-bond donors (Lipinski definition) is 0. The number of carbonyl (C=O) groups excluding carboxylic acids is 2. The minimum atomic E-state index is -2.42. The van der Waals surface area contributed by atoms with Gasteiger partial charge in [-0.15, -0.1) is 5.54 Å². The van der Waals surface area contributed by atoms with Crippen molar-refractivity contribution >= 4 is 47.6 Å². The van der Waals surface area contributed by atoms with Gasteiger partial charge in [0, 0.05) is 44.1 Å². The fourth-order valence-corrected chi connectivity index (χ4v) is 17.0.